The molecule has 0 heterocycles. The lowest BCUT2D eigenvalue weighted by Gasteiger charge is -2.07. The van der Waals surface area contributed by atoms with Crippen molar-refractivity contribution in [3.8, 4) is 5.75 Å². The summed E-state index contributed by atoms with van der Waals surface area (Å²) in [6, 6.07) is 7.11. The molecule has 1 aromatic rings. The van der Waals surface area contributed by atoms with E-state index in [0.717, 1.165) is 25.5 Å². The molecule has 0 amide bonds. The average molecular weight is 250 g/mol. The molecule has 0 saturated carbocycles. The van der Waals surface area contributed by atoms with Crippen LogP contribution in [0.15, 0.2) is 24.3 Å². The van der Waals surface area contributed by atoms with E-state index < -0.39 is 5.97 Å². The summed E-state index contributed by atoms with van der Waals surface area (Å²) in [5.41, 5.74) is 0.559. The van der Waals surface area contributed by atoms with Gasteiger partial charge < -0.3 is 9.84 Å². The van der Waals surface area contributed by atoms with E-state index >= 15 is 0 Å². The van der Waals surface area contributed by atoms with Crippen LogP contribution in [-0.2, 0) is 4.79 Å². The van der Waals surface area contributed by atoms with Gasteiger partial charge in [-0.15, -0.1) is 0 Å². The van der Waals surface area contributed by atoms with E-state index in [9.17, 15) is 9.59 Å². The van der Waals surface area contributed by atoms with Crippen LogP contribution in [0.25, 0.3) is 0 Å². The number of hydrogen-bond acceptors (Lipinski definition) is 3. The Kier molecular flexibility index (Phi) is 6.54. The van der Waals surface area contributed by atoms with Crippen LogP contribution in [0.5, 0.6) is 5.75 Å². The number of ether oxygens (including phenoxy) is 1. The number of rotatable bonds is 9. The molecule has 0 radical (unpaired) electrons. The molecule has 0 saturated heterocycles. The summed E-state index contributed by atoms with van der Waals surface area (Å²) in [6.07, 6.45) is 4.42. The van der Waals surface area contributed by atoms with Gasteiger partial charge in [-0.2, -0.15) is 0 Å². The fraction of sp³-hybridized carbons (Fsp3) is 0.429. The molecule has 0 aliphatic carbocycles. The normalized spacial score (nSPS) is 10.0. The molecule has 0 aliphatic rings. The molecule has 0 aromatic heterocycles. The van der Waals surface area contributed by atoms with Crippen molar-refractivity contribution in [2.24, 2.45) is 0 Å². The highest BCUT2D eigenvalue weighted by Gasteiger charge is 2.01. The summed E-state index contributed by atoms with van der Waals surface area (Å²) in [7, 11) is 0. The molecule has 0 spiro atoms. The Balaban J connectivity index is 2.14. The van der Waals surface area contributed by atoms with Crippen molar-refractivity contribution >= 4 is 12.3 Å². The highest BCUT2D eigenvalue weighted by Crippen LogP contribution is 2.16. The number of para-hydroxylation sites is 1. The van der Waals surface area contributed by atoms with Crippen molar-refractivity contribution in [1.29, 1.82) is 0 Å². The second-order valence-corrected chi connectivity index (χ2v) is 4.06. The number of unbranched alkanes of at least 4 members (excludes halogenated alkanes) is 3. The second-order valence-electron chi connectivity index (χ2n) is 4.06. The Morgan fingerprint density at radius 1 is 1.17 bits per heavy atom. The molecule has 0 bridgehead atoms. The lowest BCUT2D eigenvalue weighted by atomic mass is 10.1. The number of benzene rings is 1. The lowest BCUT2D eigenvalue weighted by Crippen LogP contribution is -2.00. The summed E-state index contributed by atoms with van der Waals surface area (Å²) in [5, 5.41) is 8.46. The SMILES string of the molecule is O=Cc1ccccc1OCCCCCCC(=O)O. The van der Waals surface area contributed by atoms with Crippen molar-refractivity contribution in [2.45, 2.75) is 32.1 Å². The van der Waals surface area contributed by atoms with Crippen molar-refractivity contribution in [3.63, 3.8) is 0 Å². The Labute approximate surface area is 107 Å². The average Bonchev–Trinajstić information content (AvgIpc) is 2.37. The third kappa shape index (κ3) is 5.48. The molecule has 98 valence electrons. The Bertz CT molecular complexity index is 387. The molecule has 1 aromatic carbocycles. The maximum absolute atomic E-state index is 10.7. The monoisotopic (exact) mass is 250 g/mol. The minimum absolute atomic E-state index is 0.231. The number of carboxylic acids is 1. The van der Waals surface area contributed by atoms with Crippen LogP contribution in [0.2, 0.25) is 0 Å². The van der Waals surface area contributed by atoms with Gasteiger partial charge in [0.05, 0.1) is 12.2 Å². The van der Waals surface area contributed by atoms with Crippen molar-refractivity contribution < 1.29 is 19.4 Å². The maximum Gasteiger partial charge on any atom is 0.303 e. The number of carboxylic acid groups (broad SMARTS) is 1. The number of hydrogen-bond donors (Lipinski definition) is 1. The van der Waals surface area contributed by atoms with Crippen LogP contribution in [-0.4, -0.2) is 24.0 Å². The largest absolute Gasteiger partial charge is 0.493 e. The highest BCUT2D eigenvalue weighted by molar-refractivity contribution is 5.79. The van der Waals surface area contributed by atoms with E-state index in [1.165, 1.54) is 0 Å². The molecular formula is C14H18O4. The zero-order valence-electron chi connectivity index (χ0n) is 10.3. The van der Waals surface area contributed by atoms with Crippen LogP contribution in [0.4, 0.5) is 0 Å². The standard InChI is InChI=1S/C14H18O4/c15-11-12-7-4-5-8-13(12)18-10-6-2-1-3-9-14(16)17/h4-5,7-8,11H,1-3,6,9-10H2,(H,16,17). The first-order valence-electron chi connectivity index (χ1n) is 6.13. The van der Waals surface area contributed by atoms with Gasteiger partial charge in [-0.05, 0) is 25.0 Å². The third-order valence-corrected chi connectivity index (χ3v) is 2.59. The van der Waals surface area contributed by atoms with Gasteiger partial charge in [0, 0.05) is 6.42 Å². The zero-order valence-corrected chi connectivity index (χ0v) is 10.3. The van der Waals surface area contributed by atoms with Gasteiger partial charge >= 0.3 is 5.97 Å². The van der Waals surface area contributed by atoms with Crippen LogP contribution in [0.3, 0.4) is 0 Å². The van der Waals surface area contributed by atoms with Gasteiger partial charge in [0.15, 0.2) is 6.29 Å². The molecule has 1 N–H and O–H groups in total. The Morgan fingerprint density at radius 2 is 1.89 bits per heavy atom. The van der Waals surface area contributed by atoms with Gasteiger partial charge in [0.2, 0.25) is 0 Å². The number of carbonyl (C=O) groups is 2. The lowest BCUT2D eigenvalue weighted by molar-refractivity contribution is -0.137. The van der Waals surface area contributed by atoms with Gasteiger partial charge in [0.25, 0.3) is 0 Å². The smallest absolute Gasteiger partial charge is 0.303 e. The molecular weight excluding hydrogens is 232 g/mol. The molecule has 4 nitrogen and oxygen atoms in total. The highest BCUT2D eigenvalue weighted by atomic mass is 16.5. The van der Waals surface area contributed by atoms with Gasteiger partial charge in [0.1, 0.15) is 5.75 Å². The Hall–Kier alpha value is -1.84. The summed E-state index contributed by atoms with van der Waals surface area (Å²) < 4.78 is 5.51. The molecule has 18 heavy (non-hydrogen) atoms. The summed E-state index contributed by atoms with van der Waals surface area (Å²) in [5.74, 6) is -0.135. The van der Waals surface area contributed by atoms with Crippen LogP contribution < -0.4 is 4.74 Å². The summed E-state index contributed by atoms with van der Waals surface area (Å²) in [6.45, 7) is 0.553. The first kappa shape index (κ1) is 14.2. The van der Waals surface area contributed by atoms with Crippen LogP contribution in [0, 0.1) is 0 Å². The van der Waals surface area contributed by atoms with Crippen LogP contribution >= 0.6 is 0 Å². The third-order valence-electron chi connectivity index (χ3n) is 2.59. The molecule has 0 unspecified atom stereocenters. The number of carbonyl (C=O) groups excluding carboxylic acids is 1. The number of aliphatic carboxylic acids is 1. The van der Waals surface area contributed by atoms with E-state index in [0.29, 0.717) is 24.3 Å². The van der Waals surface area contributed by atoms with Gasteiger partial charge in [-0.25, -0.2) is 0 Å². The first-order valence-corrected chi connectivity index (χ1v) is 6.13. The minimum Gasteiger partial charge on any atom is -0.493 e. The molecule has 0 aliphatic heterocycles. The topological polar surface area (TPSA) is 63.6 Å². The fourth-order valence-corrected chi connectivity index (χ4v) is 1.62. The minimum atomic E-state index is -0.744. The zero-order chi connectivity index (χ0) is 13.2. The second kappa shape index (κ2) is 8.28. The van der Waals surface area contributed by atoms with Gasteiger partial charge in [-0.1, -0.05) is 25.0 Å². The molecule has 0 fully saturated rings. The number of aldehydes is 1. The van der Waals surface area contributed by atoms with Gasteiger partial charge in [-0.3, -0.25) is 9.59 Å². The van der Waals surface area contributed by atoms with E-state index in [2.05, 4.69) is 0 Å². The van der Waals surface area contributed by atoms with Crippen molar-refractivity contribution in [2.75, 3.05) is 6.61 Å². The quantitative estimate of drug-likeness (QED) is 0.540. The molecule has 4 heteroatoms. The predicted octanol–water partition coefficient (Wildman–Crippen LogP) is 2.91. The van der Waals surface area contributed by atoms with E-state index in [-0.39, 0.29) is 6.42 Å². The fourth-order valence-electron chi connectivity index (χ4n) is 1.62. The maximum atomic E-state index is 10.7. The van der Waals surface area contributed by atoms with E-state index in [1.54, 1.807) is 18.2 Å². The van der Waals surface area contributed by atoms with E-state index in [4.69, 9.17) is 9.84 Å². The van der Waals surface area contributed by atoms with E-state index in [1.807, 2.05) is 6.07 Å². The predicted molar refractivity (Wildman–Crippen MR) is 68.0 cm³/mol. The van der Waals surface area contributed by atoms with Crippen LogP contribution in [0.1, 0.15) is 42.5 Å². The molecule has 1 rings (SSSR count). The Morgan fingerprint density at radius 3 is 2.61 bits per heavy atom. The van der Waals surface area contributed by atoms with Crippen molar-refractivity contribution in [3.05, 3.63) is 29.8 Å². The molecule has 0 atom stereocenters. The van der Waals surface area contributed by atoms with Crippen molar-refractivity contribution in [1.82, 2.24) is 0 Å². The first-order chi connectivity index (χ1) is 8.74. The summed E-state index contributed by atoms with van der Waals surface area (Å²) >= 11 is 0. The summed E-state index contributed by atoms with van der Waals surface area (Å²) in [4.78, 5) is 21.0.